The lowest BCUT2D eigenvalue weighted by Gasteiger charge is -2.09. The van der Waals surface area contributed by atoms with Crippen LogP contribution in [0.3, 0.4) is 0 Å². The number of furan rings is 1. The van der Waals surface area contributed by atoms with E-state index in [1.165, 1.54) is 16.7 Å². The van der Waals surface area contributed by atoms with E-state index in [0.717, 1.165) is 0 Å². The second-order valence-corrected chi connectivity index (χ2v) is 8.91. The maximum Gasteiger partial charge on any atom is 0.159 e. The highest BCUT2D eigenvalue weighted by Crippen LogP contribution is 2.40. The summed E-state index contributed by atoms with van der Waals surface area (Å²) in [7, 11) is 0. The normalized spacial score (nSPS) is 16.3. The molecule has 3 nitrogen and oxygen atoms in total. The van der Waals surface area contributed by atoms with Crippen LogP contribution in [0.4, 0.5) is 11.4 Å². The minimum absolute atomic E-state index is 0.0225. The molecule has 0 atom stereocenters. The molecule has 0 spiro atoms. The average molecular weight is 514 g/mol. The molecule has 0 saturated heterocycles. The van der Waals surface area contributed by atoms with Gasteiger partial charge in [-0.05, 0) is 47.5 Å². The first kappa shape index (κ1) is 12.5. The number of fused-ring (bicyclic) bond motifs is 6. The van der Waals surface area contributed by atoms with Gasteiger partial charge in [-0.25, -0.2) is 0 Å². The summed E-state index contributed by atoms with van der Waals surface area (Å²) in [6, 6.07) is 11.7. The Morgan fingerprint density at radius 1 is 0.538 bits per heavy atom. The van der Waals surface area contributed by atoms with Gasteiger partial charge in [-0.1, -0.05) is 103 Å². The van der Waals surface area contributed by atoms with E-state index in [1.807, 2.05) is 12.1 Å². The van der Waals surface area contributed by atoms with E-state index in [2.05, 4.69) is 5.32 Å². The predicted molar refractivity (Wildman–Crippen MR) is 163 cm³/mol. The quantitative estimate of drug-likeness (QED) is 0.254. The van der Waals surface area contributed by atoms with Crippen LogP contribution in [0.5, 0.6) is 0 Å². The minimum atomic E-state index is -0.529. The van der Waals surface area contributed by atoms with Crippen LogP contribution in [0.25, 0.3) is 60.6 Å². The van der Waals surface area contributed by atoms with E-state index < -0.39 is 48.3 Å². The molecule has 1 N–H and O–H groups in total. The van der Waals surface area contributed by atoms with Gasteiger partial charge in [-0.2, -0.15) is 0 Å². The van der Waals surface area contributed by atoms with Gasteiger partial charge in [0.15, 0.2) is 11.2 Å². The van der Waals surface area contributed by atoms with Crippen molar-refractivity contribution in [2.24, 2.45) is 0 Å². The maximum atomic E-state index is 8.88. The summed E-state index contributed by atoms with van der Waals surface area (Å²) in [5.41, 5.74) is 2.48. The SMILES string of the molecule is [2H]c1cc(Nc2cccc3c2oc2c(-n4c5c([2H])c([2H])c([2H])c([2H])c5c5c([2H])c([2H])c([2H])c([2H])c54)cccc23)ccc1-c1cc([2H])c([2H])c([2H])c1[2H]. The van der Waals surface area contributed by atoms with E-state index in [-0.39, 0.29) is 57.6 Å². The summed E-state index contributed by atoms with van der Waals surface area (Å²) < 4.78 is 118. The molecule has 6 aromatic carbocycles. The van der Waals surface area contributed by atoms with Crippen molar-refractivity contribution < 1.29 is 22.2 Å². The molecule has 3 heteroatoms. The molecule has 8 aromatic rings. The summed E-state index contributed by atoms with van der Waals surface area (Å²) in [5.74, 6) is 0. The number of nitrogens with one attached hydrogen (secondary N) is 1. The van der Waals surface area contributed by atoms with Gasteiger partial charge in [0.25, 0.3) is 0 Å². The van der Waals surface area contributed by atoms with Gasteiger partial charge in [-0.3, -0.25) is 0 Å². The lowest BCUT2D eigenvalue weighted by atomic mass is 10.1. The van der Waals surface area contributed by atoms with Gasteiger partial charge in [0.1, 0.15) is 0 Å². The molecule has 0 aliphatic rings. The van der Waals surface area contributed by atoms with Gasteiger partial charge in [0.05, 0.1) is 40.2 Å². The van der Waals surface area contributed by atoms with Gasteiger partial charge in [0, 0.05) is 27.2 Å². The Labute approximate surface area is 243 Å². The molecule has 8 rings (SSSR count). The van der Waals surface area contributed by atoms with E-state index in [9.17, 15) is 0 Å². The summed E-state index contributed by atoms with van der Waals surface area (Å²) in [6.45, 7) is 0. The molecule has 0 bridgehead atoms. The molecule has 2 aromatic heterocycles. The number of para-hydroxylation sites is 4. The summed E-state index contributed by atoms with van der Waals surface area (Å²) in [6.07, 6.45) is 0. The fourth-order valence-corrected chi connectivity index (χ4v) is 4.99. The molecule has 0 saturated carbocycles. The maximum absolute atomic E-state index is 8.88. The zero-order valence-corrected chi connectivity index (χ0v) is 20.1. The molecule has 0 aliphatic heterocycles. The Morgan fingerprint density at radius 3 is 2.03 bits per heavy atom. The fourth-order valence-electron chi connectivity index (χ4n) is 4.99. The van der Waals surface area contributed by atoms with Crippen LogP contribution in [0.1, 0.15) is 17.8 Å². The second kappa shape index (κ2) is 8.64. The van der Waals surface area contributed by atoms with E-state index in [4.69, 9.17) is 22.2 Å². The molecular weight excluding hydrogens is 476 g/mol. The standard InChI is InChI=1S/C36H24N2O/c1-2-10-24(11-3-1)25-20-22-26(23-21-25)37-31-16-8-14-29-30-15-9-19-34(36(30)39-35(29)31)38-32-17-6-4-12-27(32)28-13-5-7-18-33(28)38/h1-23,37H/i1D,2D,3D,4D,5D,6D,7D,10D,12D,13D,17D,18D,20D. The van der Waals surface area contributed by atoms with Crippen molar-refractivity contribution >= 4 is 55.1 Å². The zero-order valence-electron chi connectivity index (χ0n) is 33.1. The molecule has 0 amide bonds. The average Bonchev–Trinajstić information content (AvgIpc) is 3.70. The highest BCUT2D eigenvalue weighted by atomic mass is 16.3. The summed E-state index contributed by atoms with van der Waals surface area (Å²) in [5, 5.41) is 4.50. The van der Waals surface area contributed by atoms with Crippen LogP contribution in [0.2, 0.25) is 0 Å². The van der Waals surface area contributed by atoms with Crippen molar-refractivity contribution in [3.8, 4) is 16.8 Å². The van der Waals surface area contributed by atoms with Crippen molar-refractivity contribution in [3.05, 3.63) is 139 Å². The largest absolute Gasteiger partial charge is 0.452 e. The van der Waals surface area contributed by atoms with E-state index in [0.29, 0.717) is 44.6 Å². The highest BCUT2D eigenvalue weighted by Gasteiger charge is 2.18. The molecular formula is C36H24N2O. The number of rotatable bonds is 4. The summed E-state index contributed by atoms with van der Waals surface area (Å²) in [4.78, 5) is 0. The number of nitrogens with zero attached hydrogens (tertiary/aromatic N) is 1. The van der Waals surface area contributed by atoms with E-state index in [1.54, 1.807) is 36.4 Å². The molecule has 0 radical (unpaired) electrons. The predicted octanol–water partition coefficient (Wildman–Crippen LogP) is 10.1. The number of benzene rings is 6. The third kappa shape index (κ3) is 3.44. The Balaban J connectivity index is 1.34. The monoisotopic (exact) mass is 513 g/mol. The van der Waals surface area contributed by atoms with Crippen LogP contribution in [0.15, 0.2) is 144 Å². The minimum Gasteiger partial charge on any atom is -0.452 e. The Bertz CT molecular complexity index is 2800. The lowest BCUT2D eigenvalue weighted by Crippen LogP contribution is -1.93. The van der Waals surface area contributed by atoms with Gasteiger partial charge in [0.2, 0.25) is 0 Å². The molecule has 0 fully saturated rings. The number of hydrogen-bond acceptors (Lipinski definition) is 2. The van der Waals surface area contributed by atoms with Crippen LogP contribution in [-0.2, 0) is 0 Å². The van der Waals surface area contributed by atoms with Gasteiger partial charge < -0.3 is 14.3 Å². The van der Waals surface area contributed by atoms with Crippen LogP contribution < -0.4 is 5.32 Å². The summed E-state index contributed by atoms with van der Waals surface area (Å²) >= 11 is 0. The van der Waals surface area contributed by atoms with Crippen LogP contribution in [-0.4, -0.2) is 4.57 Å². The molecule has 39 heavy (non-hydrogen) atoms. The lowest BCUT2D eigenvalue weighted by molar-refractivity contribution is 0.667. The number of aromatic nitrogens is 1. The topological polar surface area (TPSA) is 30.1 Å². The van der Waals surface area contributed by atoms with Crippen LogP contribution >= 0.6 is 0 Å². The molecule has 2 heterocycles. The molecule has 184 valence electrons. The Kier molecular flexibility index (Phi) is 2.77. The van der Waals surface area contributed by atoms with E-state index >= 15 is 0 Å². The van der Waals surface area contributed by atoms with Crippen LogP contribution in [0, 0.1) is 0 Å². The first-order chi connectivity index (χ1) is 24.7. The first-order valence-corrected chi connectivity index (χ1v) is 12.1. The fraction of sp³-hybridized carbons (Fsp3) is 0. The molecule has 0 unspecified atom stereocenters. The van der Waals surface area contributed by atoms with Crippen molar-refractivity contribution in [3.63, 3.8) is 0 Å². The zero-order chi connectivity index (χ0) is 37.1. The van der Waals surface area contributed by atoms with Crippen molar-refractivity contribution in [2.75, 3.05) is 5.32 Å². The van der Waals surface area contributed by atoms with Gasteiger partial charge in [-0.15, -0.1) is 0 Å². The van der Waals surface area contributed by atoms with Crippen molar-refractivity contribution in [2.45, 2.75) is 0 Å². The Morgan fingerprint density at radius 2 is 1.23 bits per heavy atom. The second-order valence-electron chi connectivity index (χ2n) is 8.91. The third-order valence-electron chi connectivity index (χ3n) is 6.71. The smallest absolute Gasteiger partial charge is 0.159 e. The molecule has 0 aliphatic carbocycles. The number of anilines is 2. The van der Waals surface area contributed by atoms with Crippen molar-refractivity contribution in [1.82, 2.24) is 4.57 Å². The van der Waals surface area contributed by atoms with Gasteiger partial charge >= 0.3 is 0 Å². The first-order valence-electron chi connectivity index (χ1n) is 18.6. The van der Waals surface area contributed by atoms with Crippen molar-refractivity contribution in [1.29, 1.82) is 0 Å². The third-order valence-corrected chi connectivity index (χ3v) is 6.71. The highest BCUT2D eigenvalue weighted by molar-refractivity contribution is 6.14. The Hall–Kier alpha value is -5.28. The number of hydrogen-bond donors (Lipinski definition) is 1.